The van der Waals surface area contributed by atoms with E-state index < -0.39 is 34.3 Å². The number of aliphatic hydroxyl groups is 1. The highest BCUT2D eigenvalue weighted by Gasteiger charge is 2.60. The van der Waals surface area contributed by atoms with Crippen molar-refractivity contribution >= 4 is 35.3 Å². The maximum Gasteiger partial charge on any atom is 0.432 e. The van der Waals surface area contributed by atoms with Crippen LogP contribution in [0.2, 0.25) is 0 Å². The monoisotopic (exact) mass is 628 g/mol. The normalized spacial score (nSPS) is 16.4. The first-order chi connectivity index (χ1) is 21.5. The van der Waals surface area contributed by atoms with Gasteiger partial charge in [0.05, 0.1) is 6.61 Å². The van der Waals surface area contributed by atoms with E-state index in [0.29, 0.717) is 23.8 Å². The predicted octanol–water partition coefficient (Wildman–Crippen LogP) is 7.41. The molecule has 0 fully saturated rings. The molecule has 1 unspecified atom stereocenters. The van der Waals surface area contributed by atoms with Gasteiger partial charge in [-0.2, -0.15) is 29.0 Å². The zero-order valence-corrected chi connectivity index (χ0v) is 25.1. The summed E-state index contributed by atoms with van der Waals surface area (Å²) in [6.45, 7) is 1.57. The number of halogens is 3. The number of aliphatic hydroxyl groups excluding tert-OH is 1. The van der Waals surface area contributed by atoms with E-state index in [-0.39, 0.29) is 6.61 Å². The maximum absolute atomic E-state index is 14.1. The van der Waals surface area contributed by atoms with Gasteiger partial charge in [0.1, 0.15) is 36.1 Å². The minimum absolute atomic E-state index is 0.00370. The number of alkyl halides is 3. The Morgan fingerprint density at radius 3 is 2.27 bits per heavy atom. The zero-order chi connectivity index (χ0) is 32.6. The predicted molar refractivity (Wildman–Crippen MR) is 166 cm³/mol. The molecule has 1 aliphatic rings. The fourth-order valence-electron chi connectivity index (χ4n) is 4.46. The van der Waals surface area contributed by atoms with E-state index in [9.17, 15) is 34.1 Å². The topological polar surface area (TPSA) is 113 Å². The Morgan fingerprint density at radius 2 is 1.67 bits per heavy atom. The van der Waals surface area contributed by atoms with Crippen LogP contribution in [0.5, 0.6) is 5.75 Å². The number of ether oxygens (including phenoxy) is 2. The molecule has 1 aromatic heterocycles. The number of rotatable bonds is 10. The Bertz CT molecular complexity index is 1790. The molecule has 228 valence electrons. The summed E-state index contributed by atoms with van der Waals surface area (Å²) in [6.07, 6.45) is 1.37. The second-order valence-corrected chi connectivity index (χ2v) is 11.2. The summed E-state index contributed by atoms with van der Waals surface area (Å²) in [5.74, 6) is -0.0497. The van der Waals surface area contributed by atoms with Gasteiger partial charge in [0.2, 0.25) is 5.60 Å². The van der Waals surface area contributed by atoms with Crippen LogP contribution in [0.1, 0.15) is 27.8 Å². The van der Waals surface area contributed by atoms with Crippen molar-refractivity contribution in [2.24, 2.45) is 0 Å². The van der Waals surface area contributed by atoms with Crippen molar-refractivity contribution in [3.05, 3.63) is 110 Å². The number of hydrogen-bond acceptors (Lipinski definition) is 8. The Morgan fingerprint density at radius 1 is 1.00 bits per heavy atom. The highest BCUT2D eigenvalue weighted by molar-refractivity contribution is 7.13. The molecular formula is C34H27F3N4O3S. The summed E-state index contributed by atoms with van der Waals surface area (Å²) in [5, 5.41) is 37.4. The molecule has 0 saturated carbocycles. The van der Waals surface area contributed by atoms with E-state index in [1.807, 2.05) is 72.6 Å². The molecule has 0 amide bonds. The van der Waals surface area contributed by atoms with Crippen molar-refractivity contribution in [2.75, 3.05) is 25.1 Å². The summed E-state index contributed by atoms with van der Waals surface area (Å²) in [6, 6.07) is 23.6. The number of benzene rings is 2. The van der Waals surface area contributed by atoms with Crippen molar-refractivity contribution < 1.29 is 27.8 Å². The molecule has 1 atom stereocenters. The average Bonchev–Trinajstić information content (AvgIpc) is 3.61. The lowest BCUT2D eigenvalue weighted by molar-refractivity contribution is -0.236. The van der Waals surface area contributed by atoms with Crippen LogP contribution in [-0.4, -0.2) is 37.1 Å². The first kappa shape index (κ1) is 32.6. The van der Waals surface area contributed by atoms with E-state index >= 15 is 0 Å². The lowest BCUT2D eigenvalue weighted by atomic mass is 9.92. The summed E-state index contributed by atoms with van der Waals surface area (Å²) >= 11 is 1.30. The van der Waals surface area contributed by atoms with Gasteiger partial charge in [0, 0.05) is 46.2 Å². The van der Waals surface area contributed by atoms with Crippen LogP contribution in [0.25, 0.3) is 18.2 Å². The van der Waals surface area contributed by atoms with E-state index in [4.69, 9.17) is 9.47 Å². The second kappa shape index (κ2) is 14.0. The largest absolute Gasteiger partial charge is 0.488 e. The van der Waals surface area contributed by atoms with Gasteiger partial charge in [-0.1, -0.05) is 36.4 Å². The number of hydrogen-bond donors (Lipinski definition) is 1. The van der Waals surface area contributed by atoms with E-state index in [1.54, 1.807) is 18.2 Å². The number of anilines is 1. The van der Waals surface area contributed by atoms with E-state index in [2.05, 4.69) is 0 Å². The Labute approximate surface area is 262 Å². The number of thiophene rings is 1. The van der Waals surface area contributed by atoms with Crippen molar-refractivity contribution in [3.8, 4) is 24.0 Å². The molecule has 45 heavy (non-hydrogen) atoms. The fraction of sp³-hybridized carbons (Fsp3) is 0.206. The average molecular weight is 629 g/mol. The summed E-state index contributed by atoms with van der Waals surface area (Å²) in [7, 11) is 1.87. The van der Waals surface area contributed by atoms with Gasteiger partial charge >= 0.3 is 6.18 Å². The molecule has 1 N–H and O–H groups in total. The van der Waals surface area contributed by atoms with Gasteiger partial charge < -0.3 is 19.5 Å². The Kier molecular flexibility index (Phi) is 10.2. The molecule has 0 aliphatic carbocycles. The van der Waals surface area contributed by atoms with Crippen LogP contribution in [0, 0.1) is 34.0 Å². The third-order valence-corrected chi connectivity index (χ3v) is 8.04. The number of nitrogens with zero attached hydrogens (tertiary/aromatic N) is 4. The number of allylic oxidation sites excluding steroid dienone is 2. The van der Waals surface area contributed by atoms with Gasteiger partial charge in [-0.25, -0.2) is 0 Å². The molecule has 0 bridgehead atoms. The SMILES string of the molecule is CN(CCO)c1ccc(/C=C/c2ccc(/C=C/C3=C(C#N)C(=C(C#N)C#N)OC3(C)C(F)(F)F)s2)c(OCc2ccccc2)c1. The molecule has 2 aromatic carbocycles. The van der Waals surface area contributed by atoms with Crippen LogP contribution in [-0.2, 0) is 11.3 Å². The second-order valence-electron chi connectivity index (χ2n) is 10.0. The molecule has 2 heterocycles. The third kappa shape index (κ3) is 7.27. The van der Waals surface area contributed by atoms with Crippen LogP contribution in [0.15, 0.2) is 89.2 Å². The lowest BCUT2D eigenvalue weighted by Crippen LogP contribution is -2.43. The molecule has 0 radical (unpaired) electrons. The standard InChI is InChI=1S/C34H27F3N4O3S/c1-33(34(35,36)37)30(29(21-40)32(44-33)25(19-38)20-39)15-14-28-13-12-27(45-28)11-9-24-8-10-26(41(2)16-17-42)18-31(24)43-22-23-6-4-3-5-7-23/h3-15,18,42H,16-17,22H2,1-2H3/b11-9+,15-14+. The van der Waals surface area contributed by atoms with Crippen LogP contribution < -0.4 is 9.64 Å². The highest BCUT2D eigenvalue weighted by atomic mass is 32.1. The number of nitriles is 3. The molecule has 1 aliphatic heterocycles. The van der Waals surface area contributed by atoms with Crippen molar-refractivity contribution in [1.82, 2.24) is 0 Å². The van der Waals surface area contributed by atoms with Gasteiger partial charge in [-0.15, -0.1) is 11.3 Å². The number of likely N-dealkylation sites (N-methyl/N-ethyl adjacent to an activating group) is 1. The smallest absolute Gasteiger partial charge is 0.432 e. The minimum atomic E-state index is -4.93. The summed E-state index contributed by atoms with van der Waals surface area (Å²) in [5.41, 5.74) is -1.97. The van der Waals surface area contributed by atoms with Crippen molar-refractivity contribution in [3.63, 3.8) is 0 Å². The van der Waals surface area contributed by atoms with Crippen LogP contribution >= 0.6 is 11.3 Å². The lowest BCUT2D eigenvalue weighted by Gasteiger charge is -2.28. The molecule has 3 aromatic rings. The Hall–Kier alpha value is -5.28. The third-order valence-electron chi connectivity index (χ3n) is 7.02. The first-order valence-corrected chi connectivity index (χ1v) is 14.4. The van der Waals surface area contributed by atoms with Gasteiger partial charge in [-0.3, -0.25) is 0 Å². The molecule has 11 heteroatoms. The Balaban J connectivity index is 1.62. The maximum atomic E-state index is 14.1. The minimum Gasteiger partial charge on any atom is -0.488 e. The molecule has 7 nitrogen and oxygen atoms in total. The molecule has 0 saturated heterocycles. The van der Waals surface area contributed by atoms with Crippen LogP contribution in [0.4, 0.5) is 18.9 Å². The first-order valence-electron chi connectivity index (χ1n) is 13.6. The van der Waals surface area contributed by atoms with Gasteiger partial charge in [-0.05, 0) is 55.0 Å². The zero-order valence-electron chi connectivity index (χ0n) is 24.3. The molecule has 4 rings (SSSR count). The summed E-state index contributed by atoms with van der Waals surface area (Å²) < 4.78 is 53.6. The van der Waals surface area contributed by atoms with Crippen molar-refractivity contribution in [1.29, 1.82) is 15.8 Å². The fourth-order valence-corrected chi connectivity index (χ4v) is 5.28. The highest BCUT2D eigenvalue weighted by Crippen LogP contribution is 2.49. The van der Waals surface area contributed by atoms with Gasteiger partial charge in [0.15, 0.2) is 11.3 Å². The van der Waals surface area contributed by atoms with Crippen LogP contribution in [0.3, 0.4) is 0 Å². The molecular weight excluding hydrogens is 601 g/mol. The summed E-state index contributed by atoms with van der Waals surface area (Å²) in [4.78, 5) is 3.31. The quantitative estimate of drug-likeness (QED) is 0.233. The van der Waals surface area contributed by atoms with Gasteiger partial charge in [0.25, 0.3) is 0 Å². The van der Waals surface area contributed by atoms with E-state index in [1.165, 1.54) is 29.6 Å². The molecule has 0 spiro atoms. The van der Waals surface area contributed by atoms with E-state index in [0.717, 1.165) is 34.7 Å². The van der Waals surface area contributed by atoms with Crippen molar-refractivity contribution in [2.45, 2.75) is 25.3 Å².